The minimum atomic E-state index is -3.44. The smallest absolute Gasteiger partial charge is 0.243 e. The summed E-state index contributed by atoms with van der Waals surface area (Å²) in [7, 11) is -3.44. The third kappa shape index (κ3) is 4.44. The molecule has 0 atom stereocenters. The number of benzene rings is 2. The summed E-state index contributed by atoms with van der Waals surface area (Å²) in [6.45, 7) is 5.25. The third-order valence-corrected chi connectivity index (χ3v) is 6.65. The maximum absolute atomic E-state index is 12.7. The molecule has 0 radical (unpaired) electrons. The lowest BCUT2D eigenvalue weighted by Gasteiger charge is -2.29. The molecule has 4 rings (SSSR count). The number of rotatable bonds is 7. The van der Waals surface area contributed by atoms with Crippen molar-refractivity contribution in [3.63, 3.8) is 0 Å². The molecule has 1 saturated heterocycles. The van der Waals surface area contributed by atoms with Crippen LogP contribution < -0.4 is 10.6 Å². The molecule has 1 aliphatic rings. The van der Waals surface area contributed by atoms with Gasteiger partial charge in [0.25, 0.3) is 0 Å². The van der Waals surface area contributed by atoms with E-state index in [0.717, 1.165) is 12.0 Å². The minimum absolute atomic E-state index is 0.210. The molecule has 8 heteroatoms. The Morgan fingerprint density at radius 2 is 1.67 bits per heavy atom. The first-order chi connectivity index (χ1) is 14.4. The van der Waals surface area contributed by atoms with Crippen LogP contribution in [0.15, 0.2) is 65.6 Å². The summed E-state index contributed by atoms with van der Waals surface area (Å²) in [4.78, 5) is 9.54. The highest BCUT2D eigenvalue weighted by atomic mass is 32.2. The molecule has 0 bridgehead atoms. The van der Waals surface area contributed by atoms with E-state index in [9.17, 15) is 8.42 Å². The van der Waals surface area contributed by atoms with Gasteiger partial charge in [-0.25, -0.2) is 18.4 Å². The first kappa shape index (κ1) is 20.3. The molecule has 0 saturated carbocycles. The van der Waals surface area contributed by atoms with Gasteiger partial charge in [0.15, 0.2) is 5.82 Å². The predicted molar refractivity (Wildman–Crippen MR) is 119 cm³/mol. The van der Waals surface area contributed by atoms with Crippen molar-refractivity contribution in [2.45, 2.75) is 31.2 Å². The average molecular weight is 424 g/mol. The van der Waals surface area contributed by atoms with Crippen LogP contribution in [0, 0.1) is 0 Å². The van der Waals surface area contributed by atoms with Crippen molar-refractivity contribution in [3.8, 4) is 11.4 Å². The van der Waals surface area contributed by atoms with Crippen LogP contribution in [0.25, 0.3) is 11.4 Å². The van der Waals surface area contributed by atoms with Crippen LogP contribution in [-0.2, 0) is 10.0 Å². The molecule has 0 aliphatic carbocycles. The van der Waals surface area contributed by atoms with Crippen molar-refractivity contribution in [1.82, 2.24) is 14.3 Å². The summed E-state index contributed by atoms with van der Waals surface area (Å²) < 4.78 is 26.9. The van der Waals surface area contributed by atoms with Crippen LogP contribution >= 0.6 is 0 Å². The largest absolute Gasteiger partial charge is 0.368 e. The molecular weight excluding hydrogens is 398 g/mol. The number of nitrogens with one attached hydrogen (secondary N) is 2. The minimum Gasteiger partial charge on any atom is -0.368 e. The molecule has 3 aromatic rings. The van der Waals surface area contributed by atoms with Crippen LogP contribution in [-0.4, -0.2) is 41.8 Å². The van der Waals surface area contributed by atoms with Gasteiger partial charge in [0.05, 0.1) is 4.90 Å². The highest BCUT2D eigenvalue weighted by molar-refractivity contribution is 7.89. The van der Waals surface area contributed by atoms with Gasteiger partial charge >= 0.3 is 0 Å². The van der Waals surface area contributed by atoms with Crippen molar-refractivity contribution in [2.24, 2.45) is 0 Å². The van der Waals surface area contributed by atoms with Gasteiger partial charge in [-0.1, -0.05) is 36.4 Å². The van der Waals surface area contributed by atoms with Crippen LogP contribution in [0.5, 0.6) is 0 Å². The van der Waals surface area contributed by atoms with E-state index in [1.165, 1.54) is 4.31 Å². The number of sulfonamides is 1. The van der Waals surface area contributed by atoms with Gasteiger partial charge in [-0.15, -0.1) is 0 Å². The first-order valence-corrected chi connectivity index (χ1v) is 11.4. The summed E-state index contributed by atoms with van der Waals surface area (Å²) in [5, 5.41) is 6.55. The summed E-state index contributed by atoms with van der Waals surface area (Å²) in [6, 6.07) is 18.6. The molecule has 0 amide bonds. The molecule has 0 unspecified atom stereocenters. The SMILES string of the molecule is CC(C)Nc1cc(Nc2cccc(S(=O)(=O)N3CCC3)c2)nc(-c2ccccc2)n1. The Morgan fingerprint density at radius 1 is 0.933 bits per heavy atom. The molecule has 1 aromatic heterocycles. The molecular formula is C22H25N5O2S. The molecule has 1 fully saturated rings. The van der Waals surface area contributed by atoms with Crippen molar-refractivity contribution in [1.29, 1.82) is 0 Å². The van der Waals surface area contributed by atoms with E-state index in [1.807, 2.05) is 56.3 Å². The molecule has 2 N–H and O–H groups in total. The van der Waals surface area contributed by atoms with E-state index < -0.39 is 10.0 Å². The maximum Gasteiger partial charge on any atom is 0.243 e. The fourth-order valence-corrected chi connectivity index (χ4v) is 4.72. The van der Waals surface area contributed by atoms with E-state index in [-0.39, 0.29) is 10.9 Å². The Bertz CT molecular complexity index is 1130. The van der Waals surface area contributed by atoms with E-state index in [2.05, 4.69) is 20.6 Å². The highest BCUT2D eigenvalue weighted by Gasteiger charge is 2.29. The van der Waals surface area contributed by atoms with E-state index >= 15 is 0 Å². The zero-order valence-electron chi connectivity index (χ0n) is 17.0. The van der Waals surface area contributed by atoms with Gasteiger partial charge in [-0.05, 0) is 38.5 Å². The average Bonchev–Trinajstić information content (AvgIpc) is 2.66. The van der Waals surface area contributed by atoms with Crippen molar-refractivity contribution in [3.05, 3.63) is 60.7 Å². The summed E-state index contributed by atoms with van der Waals surface area (Å²) in [5.41, 5.74) is 1.56. The molecule has 1 aliphatic heterocycles. The normalized spacial score (nSPS) is 14.4. The lowest BCUT2D eigenvalue weighted by Crippen LogP contribution is -2.41. The Labute approximate surface area is 177 Å². The number of aromatic nitrogens is 2. The van der Waals surface area contributed by atoms with E-state index in [4.69, 9.17) is 0 Å². The fourth-order valence-electron chi connectivity index (χ4n) is 3.16. The number of nitrogens with zero attached hydrogens (tertiary/aromatic N) is 3. The van der Waals surface area contributed by atoms with Crippen LogP contribution in [0.2, 0.25) is 0 Å². The Morgan fingerprint density at radius 3 is 2.33 bits per heavy atom. The number of hydrogen-bond acceptors (Lipinski definition) is 6. The van der Waals surface area contributed by atoms with Gasteiger partial charge in [-0.2, -0.15) is 4.31 Å². The summed E-state index contributed by atoms with van der Waals surface area (Å²) in [5.74, 6) is 1.88. The van der Waals surface area contributed by atoms with Gasteiger partial charge in [0.1, 0.15) is 11.6 Å². The Balaban J connectivity index is 1.66. The molecule has 0 spiro atoms. The monoisotopic (exact) mass is 423 g/mol. The topological polar surface area (TPSA) is 87.2 Å². The zero-order chi connectivity index (χ0) is 21.1. The fraction of sp³-hybridized carbons (Fsp3) is 0.273. The van der Waals surface area contributed by atoms with Gasteiger partial charge in [0.2, 0.25) is 10.0 Å². The highest BCUT2D eigenvalue weighted by Crippen LogP contribution is 2.26. The van der Waals surface area contributed by atoms with Gasteiger partial charge in [0, 0.05) is 36.4 Å². The van der Waals surface area contributed by atoms with Crippen molar-refractivity contribution < 1.29 is 8.42 Å². The quantitative estimate of drug-likeness (QED) is 0.595. The first-order valence-electron chi connectivity index (χ1n) is 10.00. The number of hydrogen-bond donors (Lipinski definition) is 2. The lowest BCUT2D eigenvalue weighted by molar-refractivity contribution is 0.309. The summed E-state index contributed by atoms with van der Waals surface area (Å²) in [6.07, 6.45) is 0.909. The van der Waals surface area contributed by atoms with Gasteiger partial charge in [-0.3, -0.25) is 0 Å². The molecule has 30 heavy (non-hydrogen) atoms. The second kappa shape index (κ2) is 8.41. The summed E-state index contributed by atoms with van der Waals surface area (Å²) >= 11 is 0. The van der Waals surface area contributed by atoms with Crippen LogP contribution in [0.3, 0.4) is 0 Å². The predicted octanol–water partition coefficient (Wildman–Crippen LogP) is 4.10. The van der Waals surface area contributed by atoms with Crippen LogP contribution in [0.4, 0.5) is 17.3 Å². The second-order valence-corrected chi connectivity index (χ2v) is 9.48. The van der Waals surface area contributed by atoms with Crippen molar-refractivity contribution >= 4 is 27.3 Å². The molecule has 2 aromatic carbocycles. The van der Waals surface area contributed by atoms with E-state index in [1.54, 1.807) is 18.2 Å². The second-order valence-electron chi connectivity index (χ2n) is 7.54. The molecule has 156 valence electrons. The van der Waals surface area contributed by atoms with E-state index in [0.29, 0.717) is 36.2 Å². The zero-order valence-corrected chi connectivity index (χ0v) is 17.9. The Hall–Kier alpha value is -2.97. The Kier molecular flexibility index (Phi) is 5.69. The third-order valence-electron chi connectivity index (χ3n) is 4.75. The lowest BCUT2D eigenvalue weighted by atomic mass is 10.2. The van der Waals surface area contributed by atoms with Crippen molar-refractivity contribution in [2.75, 3.05) is 23.7 Å². The van der Waals surface area contributed by atoms with Gasteiger partial charge < -0.3 is 10.6 Å². The standard InChI is InChI=1S/C22H25N5O2S/c1-16(2)23-20-15-21(26-22(25-20)17-8-4-3-5-9-17)24-18-10-6-11-19(14-18)30(28,29)27-12-7-13-27/h3-6,8-11,14-16H,7,12-13H2,1-2H3,(H2,23,24,25,26). The number of anilines is 3. The molecule has 7 nitrogen and oxygen atoms in total. The molecule has 2 heterocycles. The maximum atomic E-state index is 12.7. The van der Waals surface area contributed by atoms with Crippen LogP contribution in [0.1, 0.15) is 20.3 Å².